The monoisotopic (exact) mass is 616 g/mol. The Hall–Kier alpha value is -5.50. The Kier molecular flexibility index (Phi) is 6.55. The van der Waals surface area contributed by atoms with Gasteiger partial charge in [0.1, 0.15) is 0 Å². The maximum absolute atomic E-state index is 2.47. The van der Waals surface area contributed by atoms with E-state index >= 15 is 0 Å². The lowest BCUT2D eigenvalue weighted by Gasteiger charge is -2.34. The third kappa shape index (κ3) is 4.50. The zero-order chi connectivity index (χ0) is 31.4. The molecule has 0 saturated heterocycles. The van der Waals surface area contributed by atoms with Crippen LogP contribution in [0, 0.1) is 6.92 Å². The molecule has 7 aromatic carbocycles. The van der Waals surface area contributed by atoms with Crippen LogP contribution in [0.1, 0.15) is 27.8 Å². The van der Waals surface area contributed by atoms with Crippen molar-refractivity contribution in [1.82, 2.24) is 0 Å². The van der Waals surface area contributed by atoms with Gasteiger partial charge >= 0.3 is 0 Å². The van der Waals surface area contributed by atoms with Gasteiger partial charge in [-0.3, -0.25) is 0 Å². The van der Waals surface area contributed by atoms with Gasteiger partial charge in [-0.1, -0.05) is 151 Å². The summed E-state index contributed by atoms with van der Waals surface area (Å²) in [5, 5.41) is 2.52. The fraction of sp³-hybridized carbons (Fsp3) is 0.0435. The van der Waals surface area contributed by atoms with Crippen molar-refractivity contribution >= 4 is 22.1 Å². The molecule has 8 aromatic rings. The summed E-state index contributed by atoms with van der Waals surface area (Å²) in [7, 11) is 0. The number of hydrogen-bond acceptors (Lipinski definition) is 1. The fourth-order valence-corrected chi connectivity index (χ4v) is 8.56. The molecule has 1 atom stereocenters. The van der Waals surface area contributed by atoms with E-state index in [1.54, 1.807) is 0 Å². The highest BCUT2D eigenvalue weighted by Crippen LogP contribution is 2.57. The molecule has 0 radical (unpaired) electrons. The highest BCUT2D eigenvalue weighted by Gasteiger charge is 2.46. The first-order valence-electron chi connectivity index (χ1n) is 16.3. The van der Waals surface area contributed by atoms with Crippen molar-refractivity contribution in [2.75, 3.05) is 0 Å². The van der Waals surface area contributed by atoms with Crippen LogP contribution < -0.4 is 0 Å². The molecule has 1 aliphatic rings. The van der Waals surface area contributed by atoms with E-state index in [9.17, 15) is 0 Å². The number of fused-ring (bicyclic) bond motifs is 4. The van der Waals surface area contributed by atoms with Gasteiger partial charge in [0.15, 0.2) is 0 Å². The zero-order valence-corrected chi connectivity index (χ0v) is 27.0. The molecule has 0 spiro atoms. The largest absolute Gasteiger partial charge is 0.135 e. The molecule has 1 heterocycles. The first kappa shape index (κ1) is 27.8. The molecular weight excluding hydrogens is 585 g/mol. The highest BCUT2D eigenvalue weighted by molar-refractivity contribution is 7.18. The van der Waals surface area contributed by atoms with Crippen molar-refractivity contribution in [1.29, 1.82) is 0 Å². The summed E-state index contributed by atoms with van der Waals surface area (Å²) in [5.74, 6) is 0. The molecule has 1 aliphatic carbocycles. The van der Waals surface area contributed by atoms with Gasteiger partial charge in [-0.25, -0.2) is 0 Å². The normalized spacial score (nSPS) is 15.0. The molecule has 0 aliphatic heterocycles. The Morgan fingerprint density at radius 3 is 1.64 bits per heavy atom. The summed E-state index contributed by atoms with van der Waals surface area (Å²) >= 11 is 1.86. The standard InChI is InChI=1S/C46H32S/c1-31-16-22-39(23-17-31)46(38-14-6-3-7-15-38)42-29-36(35-19-18-32-10-8-9-13-34(32)28-35)20-24-40(42)41-25-21-37(30-43(41)46)45-27-26-44(47-45)33-11-4-2-5-12-33/h2-30H,1H3. The van der Waals surface area contributed by atoms with Gasteiger partial charge in [-0.2, -0.15) is 0 Å². The number of aryl methyl sites for hydroxylation is 1. The smallest absolute Gasteiger partial charge is 0.0714 e. The van der Waals surface area contributed by atoms with Crippen LogP contribution >= 0.6 is 11.3 Å². The highest BCUT2D eigenvalue weighted by atomic mass is 32.1. The molecule has 0 nitrogen and oxygen atoms in total. The quantitative estimate of drug-likeness (QED) is 0.180. The van der Waals surface area contributed by atoms with Crippen molar-refractivity contribution in [3.63, 3.8) is 0 Å². The second-order valence-electron chi connectivity index (χ2n) is 12.6. The number of rotatable bonds is 5. The summed E-state index contributed by atoms with van der Waals surface area (Å²) in [5.41, 5.74) is 13.6. The molecule has 0 amide bonds. The molecule has 1 aromatic heterocycles. The molecule has 222 valence electrons. The predicted octanol–water partition coefficient (Wildman–Crippen LogP) is 12.6. The van der Waals surface area contributed by atoms with Crippen molar-refractivity contribution in [2.45, 2.75) is 12.3 Å². The molecular formula is C46H32S. The van der Waals surface area contributed by atoms with Gasteiger partial charge in [-0.05, 0) is 104 Å². The summed E-state index contributed by atoms with van der Waals surface area (Å²) in [4.78, 5) is 2.57. The van der Waals surface area contributed by atoms with E-state index in [-0.39, 0.29) is 0 Å². The zero-order valence-electron chi connectivity index (χ0n) is 26.2. The van der Waals surface area contributed by atoms with Crippen LogP contribution in [0.4, 0.5) is 0 Å². The van der Waals surface area contributed by atoms with Crippen molar-refractivity contribution in [2.24, 2.45) is 0 Å². The van der Waals surface area contributed by atoms with Crippen LogP contribution in [-0.4, -0.2) is 0 Å². The van der Waals surface area contributed by atoms with Gasteiger partial charge < -0.3 is 0 Å². The molecule has 0 saturated carbocycles. The summed E-state index contributed by atoms with van der Waals surface area (Å²) in [6.07, 6.45) is 0. The Bertz CT molecular complexity index is 2400. The third-order valence-corrected chi connectivity index (χ3v) is 11.0. The van der Waals surface area contributed by atoms with E-state index in [0.717, 1.165) is 0 Å². The van der Waals surface area contributed by atoms with Crippen molar-refractivity contribution in [3.8, 4) is 43.1 Å². The maximum atomic E-state index is 2.47. The molecule has 1 heteroatoms. The molecule has 1 unspecified atom stereocenters. The summed E-state index contributed by atoms with van der Waals surface area (Å²) < 4.78 is 0. The summed E-state index contributed by atoms with van der Waals surface area (Å²) in [6.45, 7) is 2.17. The van der Waals surface area contributed by atoms with Gasteiger partial charge in [0.05, 0.1) is 5.41 Å². The fourth-order valence-electron chi connectivity index (χ4n) is 7.56. The van der Waals surface area contributed by atoms with E-state index in [4.69, 9.17) is 0 Å². The minimum atomic E-state index is -0.470. The van der Waals surface area contributed by atoms with Crippen LogP contribution in [0.25, 0.3) is 53.9 Å². The van der Waals surface area contributed by atoms with Crippen LogP contribution in [0.3, 0.4) is 0 Å². The van der Waals surface area contributed by atoms with Gasteiger partial charge in [-0.15, -0.1) is 11.3 Å². The first-order valence-corrected chi connectivity index (χ1v) is 17.1. The Morgan fingerprint density at radius 2 is 0.915 bits per heavy atom. The number of benzene rings is 7. The predicted molar refractivity (Wildman–Crippen MR) is 200 cm³/mol. The molecule has 0 fully saturated rings. The Labute approximate surface area is 280 Å². The van der Waals surface area contributed by atoms with Crippen LogP contribution in [0.2, 0.25) is 0 Å². The second kappa shape index (κ2) is 11.1. The van der Waals surface area contributed by atoms with E-state index in [2.05, 4.69) is 183 Å². The topological polar surface area (TPSA) is 0 Å². The van der Waals surface area contributed by atoms with Gasteiger partial charge in [0.25, 0.3) is 0 Å². The average Bonchev–Trinajstić information content (AvgIpc) is 3.74. The van der Waals surface area contributed by atoms with Crippen LogP contribution in [0.15, 0.2) is 176 Å². The van der Waals surface area contributed by atoms with Crippen molar-refractivity contribution in [3.05, 3.63) is 204 Å². The minimum Gasteiger partial charge on any atom is -0.135 e. The maximum Gasteiger partial charge on any atom is 0.0714 e. The molecule has 0 bridgehead atoms. The van der Waals surface area contributed by atoms with Crippen LogP contribution in [-0.2, 0) is 5.41 Å². The lowest BCUT2D eigenvalue weighted by atomic mass is 9.67. The Balaban J connectivity index is 1.29. The molecule has 47 heavy (non-hydrogen) atoms. The van der Waals surface area contributed by atoms with Gasteiger partial charge in [0, 0.05) is 9.75 Å². The van der Waals surface area contributed by atoms with Gasteiger partial charge in [0.2, 0.25) is 0 Å². The van der Waals surface area contributed by atoms with Crippen LogP contribution in [0.5, 0.6) is 0 Å². The van der Waals surface area contributed by atoms with E-state index in [1.807, 2.05) is 11.3 Å². The second-order valence-corrected chi connectivity index (χ2v) is 13.7. The third-order valence-electron chi connectivity index (χ3n) is 9.86. The number of hydrogen-bond donors (Lipinski definition) is 0. The number of thiophene rings is 1. The van der Waals surface area contributed by atoms with E-state index < -0.39 is 5.41 Å². The first-order chi connectivity index (χ1) is 23.2. The summed E-state index contributed by atoms with van der Waals surface area (Å²) in [6, 6.07) is 65.3. The lowest BCUT2D eigenvalue weighted by molar-refractivity contribution is 0.768. The lowest BCUT2D eigenvalue weighted by Crippen LogP contribution is -2.28. The Morgan fingerprint density at radius 1 is 0.383 bits per heavy atom. The average molecular weight is 617 g/mol. The van der Waals surface area contributed by atoms with E-state index in [0.29, 0.717) is 0 Å². The van der Waals surface area contributed by atoms with E-state index in [1.165, 1.54) is 81.7 Å². The minimum absolute atomic E-state index is 0.470. The molecule has 9 rings (SSSR count). The SMILES string of the molecule is Cc1ccc(C2(c3ccccc3)c3cc(-c4ccc5ccccc5c4)ccc3-c3ccc(-c4ccc(-c5ccccc5)s4)cc32)cc1. The van der Waals surface area contributed by atoms with Crippen molar-refractivity contribution < 1.29 is 0 Å². The molecule has 0 N–H and O–H groups in total.